The lowest BCUT2D eigenvalue weighted by molar-refractivity contribution is -0.0710. The van der Waals surface area contributed by atoms with Crippen LogP contribution in [0.3, 0.4) is 0 Å². The molecule has 0 fully saturated rings. The van der Waals surface area contributed by atoms with E-state index in [4.69, 9.17) is 4.42 Å². The summed E-state index contributed by atoms with van der Waals surface area (Å²) in [7, 11) is 1.46. The number of hydrogen-bond donors (Lipinski definition) is 1. The van der Waals surface area contributed by atoms with Gasteiger partial charge in [-0.2, -0.15) is 0 Å². The number of carbonyl (C=O) groups is 1. The highest BCUT2D eigenvalue weighted by molar-refractivity contribution is 5.90. The van der Waals surface area contributed by atoms with Crippen molar-refractivity contribution in [2.24, 2.45) is 0 Å². The first-order valence-corrected chi connectivity index (χ1v) is 3.29. The summed E-state index contributed by atoms with van der Waals surface area (Å²) in [5.74, 6) is -0.233. The fourth-order valence-corrected chi connectivity index (χ4v) is 0.612. The first kappa shape index (κ1) is 8.76. The molecule has 0 aromatic carbocycles. The molecule has 0 atom stereocenters. The molecular formula is C7H9NO4. The molecule has 0 aliphatic rings. The lowest BCUT2D eigenvalue weighted by Gasteiger charge is -2.01. The number of rotatable bonds is 4. The van der Waals surface area contributed by atoms with E-state index >= 15 is 0 Å². The van der Waals surface area contributed by atoms with Crippen LogP contribution in [0.15, 0.2) is 22.8 Å². The van der Waals surface area contributed by atoms with Gasteiger partial charge in [0.2, 0.25) is 0 Å². The van der Waals surface area contributed by atoms with Crippen LogP contribution in [-0.4, -0.2) is 19.8 Å². The van der Waals surface area contributed by atoms with Gasteiger partial charge in [-0.3, -0.25) is 4.79 Å². The number of methoxy groups -OCH3 is 1. The fourth-order valence-electron chi connectivity index (χ4n) is 0.612. The normalized spacial score (nSPS) is 9.75. The summed E-state index contributed by atoms with van der Waals surface area (Å²) < 4.78 is 9.34. The first-order valence-electron chi connectivity index (χ1n) is 3.29. The van der Waals surface area contributed by atoms with Crippen molar-refractivity contribution < 1.29 is 18.8 Å². The van der Waals surface area contributed by atoms with E-state index in [2.05, 4.69) is 15.1 Å². The van der Waals surface area contributed by atoms with E-state index in [1.54, 1.807) is 6.07 Å². The van der Waals surface area contributed by atoms with Crippen molar-refractivity contribution in [3.05, 3.63) is 24.2 Å². The monoisotopic (exact) mass is 171 g/mol. The zero-order chi connectivity index (χ0) is 8.81. The summed E-state index contributed by atoms with van der Waals surface area (Å²) in [5.41, 5.74) is 2.13. The highest BCUT2D eigenvalue weighted by Gasteiger charge is 2.06. The fraction of sp³-hybridized carbons (Fsp3) is 0.286. The van der Waals surface area contributed by atoms with Crippen LogP contribution < -0.4 is 5.48 Å². The zero-order valence-electron chi connectivity index (χ0n) is 6.57. The molecule has 0 saturated carbocycles. The number of hydroxylamine groups is 1. The second-order valence-corrected chi connectivity index (χ2v) is 1.96. The van der Waals surface area contributed by atoms with Crippen molar-refractivity contribution in [1.29, 1.82) is 0 Å². The van der Waals surface area contributed by atoms with E-state index in [1.807, 2.05) is 0 Å². The van der Waals surface area contributed by atoms with Gasteiger partial charge >= 0.3 is 5.91 Å². The van der Waals surface area contributed by atoms with Crippen LogP contribution in [0.2, 0.25) is 0 Å². The minimum Gasteiger partial charge on any atom is -0.459 e. The van der Waals surface area contributed by atoms with E-state index in [9.17, 15) is 4.79 Å². The third-order valence-electron chi connectivity index (χ3n) is 1.09. The van der Waals surface area contributed by atoms with Crippen molar-refractivity contribution in [3.63, 3.8) is 0 Å². The third-order valence-corrected chi connectivity index (χ3v) is 1.09. The number of nitrogens with one attached hydrogen (secondary N) is 1. The molecule has 0 bridgehead atoms. The molecule has 1 rings (SSSR count). The van der Waals surface area contributed by atoms with E-state index in [0.29, 0.717) is 0 Å². The summed E-state index contributed by atoms with van der Waals surface area (Å²) in [6.45, 7) is 0.00640. The van der Waals surface area contributed by atoms with Gasteiger partial charge in [0.25, 0.3) is 0 Å². The number of amides is 1. The standard InChI is InChI=1S/C7H9NO4/c1-10-5-12-8-7(9)6-3-2-4-11-6/h2-4H,5H2,1H3,(H,8,9). The summed E-state index contributed by atoms with van der Waals surface area (Å²) in [6, 6.07) is 3.15. The smallest absolute Gasteiger partial charge is 0.310 e. The van der Waals surface area contributed by atoms with Crippen molar-refractivity contribution >= 4 is 5.91 Å². The Bertz CT molecular complexity index is 232. The predicted octanol–water partition coefficient (Wildman–Crippen LogP) is 0.545. The van der Waals surface area contributed by atoms with Crippen LogP contribution in [0, 0.1) is 0 Å². The molecule has 1 aromatic rings. The van der Waals surface area contributed by atoms with E-state index in [1.165, 1.54) is 19.4 Å². The molecule has 0 saturated heterocycles. The molecule has 0 aliphatic carbocycles. The van der Waals surface area contributed by atoms with Gasteiger partial charge in [0.05, 0.1) is 6.26 Å². The minimum atomic E-state index is -0.433. The maximum absolute atomic E-state index is 11.0. The topological polar surface area (TPSA) is 60.7 Å². The Balaban J connectivity index is 2.30. The summed E-state index contributed by atoms with van der Waals surface area (Å²) in [6.07, 6.45) is 1.41. The van der Waals surface area contributed by atoms with Crippen molar-refractivity contribution in [2.45, 2.75) is 0 Å². The summed E-state index contributed by atoms with van der Waals surface area (Å²) in [4.78, 5) is 15.6. The third kappa shape index (κ3) is 2.37. The number of furan rings is 1. The van der Waals surface area contributed by atoms with Crippen molar-refractivity contribution in [1.82, 2.24) is 5.48 Å². The Morgan fingerprint density at radius 2 is 2.58 bits per heavy atom. The van der Waals surface area contributed by atoms with Gasteiger partial charge in [-0.05, 0) is 12.1 Å². The number of carbonyl (C=O) groups excluding carboxylic acids is 1. The van der Waals surface area contributed by atoms with Crippen molar-refractivity contribution in [2.75, 3.05) is 13.9 Å². The molecule has 1 N–H and O–H groups in total. The molecule has 1 amide bonds. The van der Waals surface area contributed by atoms with Crippen LogP contribution in [0.4, 0.5) is 0 Å². The molecule has 0 aliphatic heterocycles. The Labute approximate surface area is 69.2 Å². The number of ether oxygens (including phenoxy) is 1. The molecule has 5 nitrogen and oxygen atoms in total. The molecule has 12 heavy (non-hydrogen) atoms. The molecule has 0 spiro atoms. The van der Waals surface area contributed by atoms with Crippen LogP contribution in [-0.2, 0) is 9.57 Å². The molecular weight excluding hydrogens is 162 g/mol. The molecule has 0 radical (unpaired) electrons. The Morgan fingerprint density at radius 1 is 1.75 bits per heavy atom. The second kappa shape index (κ2) is 4.53. The summed E-state index contributed by atoms with van der Waals surface area (Å²) in [5, 5.41) is 0. The quantitative estimate of drug-likeness (QED) is 0.408. The average molecular weight is 171 g/mol. The Morgan fingerprint density at radius 3 is 3.17 bits per heavy atom. The number of hydrogen-bond acceptors (Lipinski definition) is 4. The highest BCUT2D eigenvalue weighted by Crippen LogP contribution is 1.98. The van der Waals surface area contributed by atoms with E-state index in [0.717, 1.165) is 0 Å². The maximum atomic E-state index is 11.0. The minimum absolute atomic E-state index is 0.00640. The highest BCUT2D eigenvalue weighted by atomic mass is 16.8. The van der Waals surface area contributed by atoms with Crippen LogP contribution in [0.25, 0.3) is 0 Å². The van der Waals surface area contributed by atoms with Crippen LogP contribution in [0.1, 0.15) is 10.6 Å². The SMILES string of the molecule is COCONC(=O)c1ccco1. The van der Waals surface area contributed by atoms with Gasteiger partial charge in [0.1, 0.15) is 0 Å². The second-order valence-electron chi connectivity index (χ2n) is 1.96. The largest absolute Gasteiger partial charge is 0.459 e. The van der Waals surface area contributed by atoms with Gasteiger partial charge in [-0.15, -0.1) is 0 Å². The predicted molar refractivity (Wildman–Crippen MR) is 39.1 cm³/mol. The average Bonchev–Trinajstić information content (AvgIpc) is 2.56. The van der Waals surface area contributed by atoms with Gasteiger partial charge in [-0.25, -0.2) is 10.3 Å². The molecule has 66 valence electrons. The molecule has 1 heterocycles. The van der Waals surface area contributed by atoms with Gasteiger partial charge in [0, 0.05) is 7.11 Å². The zero-order valence-corrected chi connectivity index (χ0v) is 6.57. The van der Waals surface area contributed by atoms with Crippen LogP contribution in [0.5, 0.6) is 0 Å². The van der Waals surface area contributed by atoms with Gasteiger partial charge in [-0.1, -0.05) is 0 Å². The Hall–Kier alpha value is -1.33. The molecule has 0 unspecified atom stereocenters. The Kier molecular flexibility index (Phi) is 3.31. The van der Waals surface area contributed by atoms with E-state index in [-0.39, 0.29) is 12.6 Å². The lowest BCUT2D eigenvalue weighted by Crippen LogP contribution is -2.24. The maximum Gasteiger partial charge on any atom is 0.310 e. The molecule has 5 heteroatoms. The summed E-state index contributed by atoms with van der Waals surface area (Å²) >= 11 is 0. The van der Waals surface area contributed by atoms with Crippen molar-refractivity contribution in [3.8, 4) is 0 Å². The van der Waals surface area contributed by atoms with Gasteiger partial charge < -0.3 is 9.15 Å². The molecule has 1 aromatic heterocycles. The first-order chi connectivity index (χ1) is 5.84. The lowest BCUT2D eigenvalue weighted by atomic mass is 10.4. The van der Waals surface area contributed by atoms with Crippen LogP contribution >= 0.6 is 0 Å². The van der Waals surface area contributed by atoms with E-state index < -0.39 is 5.91 Å². The van der Waals surface area contributed by atoms with Gasteiger partial charge in [0.15, 0.2) is 12.6 Å².